The number of nitrogens with zero attached hydrogens (tertiary/aromatic N) is 3. The second-order valence-electron chi connectivity index (χ2n) is 8.16. The van der Waals surface area contributed by atoms with E-state index in [0.29, 0.717) is 27.1 Å². The van der Waals surface area contributed by atoms with Gasteiger partial charge in [0.2, 0.25) is 0 Å². The van der Waals surface area contributed by atoms with Gasteiger partial charge in [0.15, 0.2) is 4.32 Å². The van der Waals surface area contributed by atoms with Crippen molar-refractivity contribution in [3.8, 4) is 11.5 Å². The minimum Gasteiger partial charge on any atom is -0.508 e. The predicted octanol–water partition coefficient (Wildman–Crippen LogP) is 5.37. The van der Waals surface area contributed by atoms with E-state index in [1.54, 1.807) is 47.6 Å². The van der Waals surface area contributed by atoms with Crippen molar-refractivity contribution in [3.63, 3.8) is 0 Å². The molecular weight excluding hydrogens is 494 g/mol. The van der Waals surface area contributed by atoms with Crippen LogP contribution in [0.5, 0.6) is 11.5 Å². The second kappa shape index (κ2) is 9.96. The van der Waals surface area contributed by atoms with Crippen molar-refractivity contribution in [3.05, 3.63) is 101 Å². The number of phenolic OH excluding ortho intramolecular Hbond substituents is 1. The molecule has 1 unspecified atom stereocenters. The number of aromatic hydroxyl groups is 1. The smallest absolute Gasteiger partial charge is 0.308 e. The number of amides is 1. The third-order valence-corrected chi connectivity index (χ3v) is 7.03. The standard InChI is InChI=1S/C27H21N3O4S2/c1-17(31)34-20-13-11-19(12-14-20)30-26(33)25(36-27(30)35)16-29-23(21-9-5-6-10-24(21)32)15-22(28-29)18-7-3-2-4-8-18/h2-14,16,23,32H,15H2,1H3/b25-16-. The molecule has 0 saturated carbocycles. The van der Waals surface area contributed by atoms with Gasteiger partial charge in [-0.3, -0.25) is 19.5 Å². The number of esters is 1. The van der Waals surface area contributed by atoms with Gasteiger partial charge in [-0.15, -0.1) is 0 Å². The van der Waals surface area contributed by atoms with Gasteiger partial charge in [-0.1, -0.05) is 72.5 Å². The zero-order valence-electron chi connectivity index (χ0n) is 19.2. The monoisotopic (exact) mass is 515 g/mol. The number of carbonyl (C=O) groups is 2. The van der Waals surface area contributed by atoms with Crippen molar-refractivity contribution in [2.75, 3.05) is 4.90 Å². The minimum atomic E-state index is -0.420. The number of hydrazone groups is 1. The number of ether oxygens (including phenoxy) is 1. The summed E-state index contributed by atoms with van der Waals surface area (Å²) >= 11 is 6.70. The Morgan fingerprint density at radius 3 is 2.47 bits per heavy atom. The molecule has 3 aromatic carbocycles. The topological polar surface area (TPSA) is 82.4 Å². The van der Waals surface area contributed by atoms with Crippen LogP contribution in [-0.4, -0.2) is 32.0 Å². The summed E-state index contributed by atoms with van der Waals surface area (Å²) in [5.41, 5.74) is 3.13. The predicted molar refractivity (Wildman–Crippen MR) is 144 cm³/mol. The summed E-state index contributed by atoms with van der Waals surface area (Å²) in [6.45, 7) is 1.33. The summed E-state index contributed by atoms with van der Waals surface area (Å²) in [7, 11) is 0. The average Bonchev–Trinajstić information content (AvgIpc) is 3.40. The van der Waals surface area contributed by atoms with E-state index >= 15 is 0 Å². The van der Waals surface area contributed by atoms with Gasteiger partial charge in [0, 0.05) is 25.1 Å². The molecule has 3 aromatic rings. The van der Waals surface area contributed by atoms with Crippen LogP contribution in [0.2, 0.25) is 0 Å². The van der Waals surface area contributed by atoms with E-state index in [4.69, 9.17) is 22.1 Å². The van der Waals surface area contributed by atoms with Gasteiger partial charge >= 0.3 is 5.97 Å². The number of hydrogen-bond donors (Lipinski definition) is 1. The van der Waals surface area contributed by atoms with Gasteiger partial charge in [0.1, 0.15) is 11.5 Å². The molecule has 1 N–H and O–H groups in total. The lowest BCUT2D eigenvalue weighted by Gasteiger charge is -2.21. The maximum Gasteiger partial charge on any atom is 0.308 e. The molecule has 2 aliphatic rings. The van der Waals surface area contributed by atoms with Crippen molar-refractivity contribution in [1.82, 2.24) is 5.01 Å². The first-order valence-corrected chi connectivity index (χ1v) is 12.4. The number of thioether (sulfide) groups is 1. The van der Waals surface area contributed by atoms with Crippen LogP contribution in [-0.2, 0) is 9.59 Å². The lowest BCUT2D eigenvalue weighted by Crippen LogP contribution is -2.27. The number of carbonyl (C=O) groups excluding carboxylic acids is 2. The highest BCUT2D eigenvalue weighted by atomic mass is 32.2. The zero-order valence-corrected chi connectivity index (χ0v) is 20.8. The van der Waals surface area contributed by atoms with Crippen LogP contribution in [0.25, 0.3) is 0 Å². The van der Waals surface area contributed by atoms with E-state index in [2.05, 4.69) is 0 Å². The molecule has 9 heteroatoms. The van der Waals surface area contributed by atoms with Gasteiger partial charge in [0.25, 0.3) is 5.91 Å². The van der Waals surface area contributed by atoms with Crippen LogP contribution in [0.4, 0.5) is 5.69 Å². The Hall–Kier alpha value is -3.95. The van der Waals surface area contributed by atoms with E-state index in [9.17, 15) is 14.7 Å². The molecule has 2 aliphatic heterocycles. The van der Waals surface area contributed by atoms with Crippen LogP contribution in [0, 0.1) is 0 Å². The summed E-state index contributed by atoms with van der Waals surface area (Å²) in [6.07, 6.45) is 2.26. The summed E-state index contributed by atoms with van der Waals surface area (Å²) in [6, 6.07) is 23.3. The van der Waals surface area contributed by atoms with Gasteiger partial charge in [-0.2, -0.15) is 5.10 Å². The third-order valence-electron chi connectivity index (χ3n) is 5.74. The fraction of sp³-hybridized carbons (Fsp3) is 0.111. The van der Waals surface area contributed by atoms with Crippen LogP contribution >= 0.6 is 24.0 Å². The minimum absolute atomic E-state index is 0.172. The van der Waals surface area contributed by atoms with Crippen LogP contribution in [0.1, 0.15) is 30.5 Å². The van der Waals surface area contributed by atoms with Gasteiger partial charge in [-0.25, -0.2) is 0 Å². The Labute approximate surface area is 217 Å². The molecule has 1 saturated heterocycles. The van der Waals surface area contributed by atoms with Crippen LogP contribution < -0.4 is 9.64 Å². The lowest BCUT2D eigenvalue weighted by molar-refractivity contribution is -0.131. The molecule has 2 heterocycles. The quantitative estimate of drug-likeness (QED) is 0.212. The molecule has 0 radical (unpaired) electrons. The maximum absolute atomic E-state index is 13.4. The molecule has 180 valence electrons. The highest BCUT2D eigenvalue weighted by Gasteiger charge is 2.36. The number of benzene rings is 3. The molecule has 1 fully saturated rings. The fourth-order valence-corrected chi connectivity index (χ4v) is 5.37. The normalized spacial score (nSPS) is 18.6. The van der Waals surface area contributed by atoms with E-state index in [0.717, 1.165) is 16.8 Å². The lowest BCUT2D eigenvalue weighted by atomic mass is 9.98. The highest BCUT2D eigenvalue weighted by Crippen LogP contribution is 2.41. The first kappa shape index (κ1) is 23.8. The fourth-order valence-electron chi connectivity index (χ4n) is 4.10. The van der Waals surface area contributed by atoms with Crippen molar-refractivity contribution >= 4 is 51.6 Å². The SMILES string of the molecule is CC(=O)Oc1ccc(N2C(=O)/C(=C/N3N=C(c4ccccc4)CC3c3ccccc3O)SC2=S)cc1. The van der Waals surface area contributed by atoms with Gasteiger partial charge in [-0.05, 0) is 35.9 Å². The van der Waals surface area contributed by atoms with Crippen molar-refractivity contribution in [2.45, 2.75) is 19.4 Å². The highest BCUT2D eigenvalue weighted by molar-refractivity contribution is 8.27. The number of para-hydroxylation sites is 1. The average molecular weight is 516 g/mol. The maximum atomic E-state index is 13.4. The molecule has 5 rings (SSSR count). The number of hydrogen-bond acceptors (Lipinski definition) is 8. The van der Waals surface area contributed by atoms with Crippen LogP contribution in [0.3, 0.4) is 0 Å². The Balaban J connectivity index is 1.46. The van der Waals surface area contributed by atoms with E-state index < -0.39 is 5.97 Å². The number of anilines is 1. The summed E-state index contributed by atoms with van der Waals surface area (Å²) in [5, 5.41) is 17.1. The number of thiocarbonyl (C=S) groups is 1. The van der Waals surface area contributed by atoms with E-state index in [-0.39, 0.29) is 17.7 Å². The molecule has 0 bridgehead atoms. The molecule has 0 spiro atoms. The molecule has 0 aliphatic carbocycles. The molecule has 0 aromatic heterocycles. The van der Waals surface area contributed by atoms with Crippen LogP contribution in [0.15, 0.2) is 95.1 Å². The molecule has 36 heavy (non-hydrogen) atoms. The second-order valence-corrected chi connectivity index (χ2v) is 9.84. The first-order valence-electron chi connectivity index (χ1n) is 11.2. The Kier molecular flexibility index (Phi) is 6.58. The molecular formula is C27H21N3O4S2. The van der Waals surface area contributed by atoms with E-state index in [1.807, 2.05) is 42.5 Å². The third kappa shape index (κ3) is 4.75. The molecule has 1 amide bonds. The molecule has 7 nitrogen and oxygen atoms in total. The Morgan fingerprint density at radius 2 is 1.78 bits per heavy atom. The van der Waals surface area contributed by atoms with Crippen molar-refractivity contribution < 1.29 is 19.4 Å². The van der Waals surface area contributed by atoms with Crippen molar-refractivity contribution in [2.24, 2.45) is 5.10 Å². The first-order chi connectivity index (χ1) is 17.4. The summed E-state index contributed by atoms with van der Waals surface area (Å²) < 4.78 is 5.46. The largest absolute Gasteiger partial charge is 0.508 e. The van der Waals surface area contributed by atoms with Crippen molar-refractivity contribution in [1.29, 1.82) is 0 Å². The number of rotatable bonds is 5. The van der Waals surface area contributed by atoms with E-state index in [1.165, 1.54) is 23.6 Å². The van der Waals surface area contributed by atoms with Gasteiger partial charge < -0.3 is 9.84 Å². The van der Waals surface area contributed by atoms with Gasteiger partial charge in [0.05, 0.1) is 22.3 Å². The summed E-state index contributed by atoms with van der Waals surface area (Å²) in [4.78, 5) is 26.4. The zero-order chi connectivity index (χ0) is 25.2. The Bertz CT molecular complexity index is 1400. The number of phenols is 1. The Morgan fingerprint density at radius 1 is 1.08 bits per heavy atom. The summed E-state index contributed by atoms with van der Waals surface area (Å²) in [5.74, 6) is -0.135. The molecule has 1 atom stereocenters.